The van der Waals surface area contributed by atoms with Gasteiger partial charge in [0.25, 0.3) is 0 Å². The van der Waals surface area contributed by atoms with Gasteiger partial charge in [0.1, 0.15) is 5.75 Å². The lowest BCUT2D eigenvalue weighted by molar-refractivity contribution is 0.323. The fourth-order valence-electron chi connectivity index (χ4n) is 2.24. The third kappa shape index (κ3) is 3.90. The molecule has 1 aromatic carbocycles. The number of allylic oxidation sites excluding steroid dienone is 1. The van der Waals surface area contributed by atoms with Crippen LogP contribution in [0.4, 0.5) is 0 Å². The van der Waals surface area contributed by atoms with Crippen molar-refractivity contribution in [3.8, 4) is 5.75 Å². The Morgan fingerprint density at radius 2 is 2.12 bits per heavy atom. The van der Waals surface area contributed by atoms with Crippen molar-refractivity contribution in [3.05, 3.63) is 42.5 Å². The van der Waals surface area contributed by atoms with Crippen LogP contribution in [-0.2, 0) is 0 Å². The first-order chi connectivity index (χ1) is 8.08. The van der Waals surface area contributed by atoms with Crippen LogP contribution in [0.3, 0.4) is 0 Å². The Labute approximate surface area is 105 Å². The van der Waals surface area contributed by atoms with Crippen molar-refractivity contribution in [1.82, 2.24) is 4.90 Å². The summed E-state index contributed by atoms with van der Waals surface area (Å²) in [6.07, 6.45) is 2.03. The van der Waals surface area contributed by atoms with E-state index in [1.165, 1.54) is 5.56 Å². The van der Waals surface area contributed by atoms with E-state index in [-0.39, 0.29) is 0 Å². The molecule has 0 spiro atoms. The summed E-state index contributed by atoms with van der Waals surface area (Å²) in [5, 5.41) is 0. The summed E-state index contributed by atoms with van der Waals surface area (Å²) in [6.45, 7) is 7.27. The van der Waals surface area contributed by atoms with Crippen LogP contribution < -0.4 is 4.74 Å². The molecule has 0 saturated carbocycles. The van der Waals surface area contributed by atoms with Crippen LogP contribution in [0.25, 0.3) is 0 Å². The average Bonchev–Trinajstić information content (AvgIpc) is 2.29. The lowest BCUT2D eigenvalue weighted by Crippen LogP contribution is -2.23. The maximum absolute atomic E-state index is 5.27. The predicted molar refractivity (Wildman–Crippen MR) is 73.7 cm³/mol. The van der Waals surface area contributed by atoms with Gasteiger partial charge in [-0.15, -0.1) is 6.58 Å². The highest BCUT2D eigenvalue weighted by atomic mass is 16.5. The lowest BCUT2D eigenvalue weighted by Gasteiger charge is -2.24. The van der Waals surface area contributed by atoms with Gasteiger partial charge in [-0.05, 0) is 37.7 Å². The first-order valence-corrected chi connectivity index (χ1v) is 5.99. The van der Waals surface area contributed by atoms with Crippen molar-refractivity contribution in [1.29, 1.82) is 0 Å². The average molecular weight is 233 g/mol. The molecule has 0 fully saturated rings. The molecule has 2 nitrogen and oxygen atoms in total. The molecule has 1 rings (SSSR count). The van der Waals surface area contributed by atoms with Crippen LogP contribution in [0, 0.1) is 5.92 Å². The molecule has 1 aromatic rings. The predicted octanol–water partition coefficient (Wildman–Crippen LogP) is 3.16. The minimum atomic E-state index is 0.368. The Kier molecular flexibility index (Phi) is 5.23. The number of ether oxygens (including phenoxy) is 1. The molecule has 17 heavy (non-hydrogen) atoms. The van der Waals surface area contributed by atoms with Gasteiger partial charge in [0.2, 0.25) is 0 Å². The second-order valence-corrected chi connectivity index (χ2v) is 4.78. The quantitative estimate of drug-likeness (QED) is 0.700. The number of nitrogens with zero attached hydrogens (tertiary/aromatic N) is 1. The highest BCUT2D eigenvalue weighted by Crippen LogP contribution is 2.28. The first kappa shape index (κ1) is 13.8. The van der Waals surface area contributed by atoms with E-state index in [0.717, 1.165) is 12.3 Å². The number of rotatable bonds is 6. The molecule has 2 atom stereocenters. The molecule has 0 N–H and O–H groups in total. The number of methoxy groups -OCH3 is 1. The minimum Gasteiger partial charge on any atom is -0.497 e. The summed E-state index contributed by atoms with van der Waals surface area (Å²) in [7, 11) is 5.90. The van der Waals surface area contributed by atoms with Gasteiger partial charge >= 0.3 is 0 Å². The molecule has 0 aliphatic heterocycles. The second kappa shape index (κ2) is 6.45. The molecule has 2 heteroatoms. The van der Waals surface area contributed by atoms with Gasteiger partial charge in [0, 0.05) is 12.5 Å². The second-order valence-electron chi connectivity index (χ2n) is 4.78. The molecule has 0 radical (unpaired) electrons. The largest absolute Gasteiger partial charge is 0.497 e. The van der Waals surface area contributed by atoms with Crippen molar-refractivity contribution in [3.63, 3.8) is 0 Å². The fourth-order valence-corrected chi connectivity index (χ4v) is 2.24. The Hall–Kier alpha value is -1.28. The van der Waals surface area contributed by atoms with Gasteiger partial charge in [-0.1, -0.05) is 25.1 Å². The molecule has 0 heterocycles. The third-order valence-electron chi connectivity index (χ3n) is 3.00. The SMILES string of the molecule is C=CC(c1cccc(OC)c1)C(C)CN(C)C. The van der Waals surface area contributed by atoms with E-state index < -0.39 is 0 Å². The zero-order chi connectivity index (χ0) is 12.8. The maximum Gasteiger partial charge on any atom is 0.119 e. The summed E-state index contributed by atoms with van der Waals surface area (Å²) in [5.74, 6) is 1.81. The van der Waals surface area contributed by atoms with E-state index in [1.54, 1.807) is 7.11 Å². The Morgan fingerprint density at radius 1 is 1.41 bits per heavy atom. The van der Waals surface area contributed by atoms with E-state index in [2.05, 4.69) is 44.6 Å². The molecule has 0 aromatic heterocycles. The first-order valence-electron chi connectivity index (χ1n) is 5.99. The van der Waals surface area contributed by atoms with E-state index in [9.17, 15) is 0 Å². The van der Waals surface area contributed by atoms with E-state index >= 15 is 0 Å². The van der Waals surface area contributed by atoms with Gasteiger partial charge in [0.15, 0.2) is 0 Å². The zero-order valence-electron chi connectivity index (χ0n) is 11.3. The monoisotopic (exact) mass is 233 g/mol. The van der Waals surface area contributed by atoms with Crippen LogP contribution >= 0.6 is 0 Å². The van der Waals surface area contributed by atoms with Crippen LogP contribution in [0.1, 0.15) is 18.4 Å². The van der Waals surface area contributed by atoms with E-state index in [0.29, 0.717) is 11.8 Å². The summed E-state index contributed by atoms with van der Waals surface area (Å²) >= 11 is 0. The number of hydrogen-bond donors (Lipinski definition) is 0. The van der Waals surface area contributed by atoms with Crippen molar-refractivity contribution < 1.29 is 4.74 Å². The smallest absolute Gasteiger partial charge is 0.119 e. The minimum absolute atomic E-state index is 0.368. The van der Waals surface area contributed by atoms with Gasteiger partial charge < -0.3 is 9.64 Å². The normalized spacial score (nSPS) is 14.4. The Morgan fingerprint density at radius 3 is 2.65 bits per heavy atom. The lowest BCUT2D eigenvalue weighted by atomic mass is 9.87. The van der Waals surface area contributed by atoms with Gasteiger partial charge in [0.05, 0.1) is 7.11 Å². The third-order valence-corrected chi connectivity index (χ3v) is 3.00. The molecule has 0 aliphatic rings. The topological polar surface area (TPSA) is 12.5 Å². The van der Waals surface area contributed by atoms with Gasteiger partial charge in [-0.2, -0.15) is 0 Å². The molecular weight excluding hydrogens is 210 g/mol. The van der Waals surface area contributed by atoms with Crippen LogP contribution in [0.5, 0.6) is 5.75 Å². The standard InChI is InChI=1S/C15H23NO/c1-6-15(12(2)11-16(3)4)13-8-7-9-14(10-13)17-5/h6-10,12,15H,1,11H2,2-5H3. The molecule has 0 aliphatic carbocycles. The highest BCUT2D eigenvalue weighted by Gasteiger charge is 2.17. The maximum atomic E-state index is 5.27. The molecule has 0 amide bonds. The van der Waals surface area contributed by atoms with Crippen LogP contribution in [0.15, 0.2) is 36.9 Å². The summed E-state index contributed by atoms with van der Waals surface area (Å²) in [4.78, 5) is 2.21. The summed E-state index contributed by atoms with van der Waals surface area (Å²) < 4.78 is 5.27. The summed E-state index contributed by atoms with van der Waals surface area (Å²) in [6, 6.07) is 8.24. The van der Waals surface area contributed by atoms with Gasteiger partial charge in [-0.25, -0.2) is 0 Å². The molecule has 94 valence electrons. The van der Waals surface area contributed by atoms with Gasteiger partial charge in [-0.3, -0.25) is 0 Å². The van der Waals surface area contributed by atoms with Crippen molar-refractivity contribution in [2.24, 2.45) is 5.92 Å². The van der Waals surface area contributed by atoms with E-state index in [1.807, 2.05) is 18.2 Å². The summed E-state index contributed by atoms with van der Waals surface area (Å²) in [5.41, 5.74) is 1.27. The Balaban J connectivity index is 2.88. The highest BCUT2D eigenvalue weighted by molar-refractivity contribution is 5.33. The van der Waals surface area contributed by atoms with Crippen LogP contribution in [0.2, 0.25) is 0 Å². The molecule has 0 saturated heterocycles. The Bertz CT molecular complexity index is 360. The van der Waals surface area contributed by atoms with Crippen molar-refractivity contribution in [2.45, 2.75) is 12.8 Å². The molecular formula is C15H23NO. The molecule has 2 unspecified atom stereocenters. The number of hydrogen-bond acceptors (Lipinski definition) is 2. The van der Waals surface area contributed by atoms with Crippen molar-refractivity contribution in [2.75, 3.05) is 27.7 Å². The zero-order valence-corrected chi connectivity index (χ0v) is 11.3. The van der Waals surface area contributed by atoms with E-state index in [4.69, 9.17) is 4.74 Å². The number of benzene rings is 1. The van der Waals surface area contributed by atoms with Crippen LogP contribution in [-0.4, -0.2) is 32.6 Å². The van der Waals surface area contributed by atoms with Crippen molar-refractivity contribution >= 4 is 0 Å². The molecule has 0 bridgehead atoms. The fraction of sp³-hybridized carbons (Fsp3) is 0.467.